The maximum atomic E-state index is 5.78. The number of hydrogen-bond donors (Lipinski definition) is 0. The molecule has 1 fully saturated rings. The monoisotopic (exact) mass is 335 g/mol. The average Bonchev–Trinajstić information content (AvgIpc) is 2.50. The van der Waals surface area contributed by atoms with Crippen LogP contribution in [0.1, 0.15) is 5.56 Å². The van der Waals surface area contributed by atoms with E-state index in [-0.39, 0.29) is 0 Å². The van der Waals surface area contributed by atoms with Crippen molar-refractivity contribution in [2.45, 2.75) is 11.4 Å². The molecule has 1 saturated heterocycles. The molecule has 0 bridgehead atoms. The molecule has 1 aliphatic heterocycles. The van der Waals surface area contributed by atoms with Crippen LogP contribution in [0.2, 0.25) is 5.15 Å². The van der Waals surface area contributed by atoms with Crippen LogP contribution in [-0.2, 0) is 6.54 Å². The maximum Gasteiger partial charge on any atom is 0.233 e. The Kier molecular flexibility index (Phi) is 5.18. The van der Waals surface area contributed by atoms with Crippen LogP contribution in [0.4, 0.5) is 0 Å². The Balaban J connectivity index is 1.40. The van der Waals surface area contributed by atoms with Gasteiger partial charge in [0.2, 0.25) is 5.88 Å². The number of rotatable bonds is 6. The number of hydrogen-bond acceptors (Lipinski definition) is 5. The number of halogens is 1. The number of aromatic nitrogens is 2. The van der Waals surface area contributed by atoms with Gasteiger partial charge in [-0.15, -0.1) is 11.8 Å². The van der Waals surface area contributed by atoms with Gasteiger partial charge in [-0.25, -0.2) is 0 Å². The fourth-order valence-electron chi connectivity index (χ4n) is 2.50. The van der Waals surface area contributed by atoms with Crippen LogP contribution < -0.4 is 4.74 Å². The fraction of sp³-hybridized carbons (Fsp3) is 0.375. The zero-order valence-electron chi connectivity index (χ0n) is 12.4. The van der Waals surface area contributed by atoms with Crippen molar-refractivity contribution in [3.05, 3.63) is 47.4 Å². The van der Waals surface area contributed by atoms with Crippen molar-refractivity contribution in [3.63, 3.8) is 0 Å². The molecular weight excluding hydrogens is 318 g/mol. The first-order chi connectivity index (χ1) is 10.7. The quantitative estimate of drug-likeness (QED) is 0.757. The van der Waals surface area contributed by atoms with E-state index in [2.05, 4.69) is 45.4 Å². The van der Waals surface area contributed by atoms with Crippen molar-refractivity contribution in [1.29, 1.82) is 0 Å². The first kappa shape index (κ1) is 15.6. The van der Waals surface area contributed by atoms with Crippen LogP contribution in [0, 0.1) is 5.92 Å². The van der Waals surface area contributed by atoms with Gasteiger partial charge in [-0.3, -0.25) is 9.88 Å². The predicted octanol–water partition coefficient (Wildman–Crippen LogP) is 3.36. The number of benzene rings is 1. The Bertz CT molecular complexity index is 617. The highest BCUT2D eigenvalue weighted by Crippen LogP contribution is 2.21. The van der Waals surface area contributed by atoms with Gasteiger partial charge in [0.25, 0.3) is 0 Å². The maximum absolute atomic E-state index is 5.78. The molecule has 22 heavy (non-hydrogen) atoms. The number of ether oxygens (including phenoxy) is 1. The Morgan fingerprint density at radius 3 is 2.73 bits per heavy atom. The highest BCUT2D eigenvalue weighted by atomic mass is 35.5. The average molecular weight is 336 g/mol. The predicted molar refractivity (Wildman–Crippen MR) is 89.5 cm³/mol. The molecule has 2 heterocycles. The second-order valence-electron chi connectivity index (χ2n) is 5.40. The van der Waals surface area contributed by atoms with E-state index in [1.54, 1.807) is 18.0 Å². The van der Waals surface area contributed by atoms with Gasteiger partial charge in [-0.1, -0.05) is 23.7 Å². The molecule has 0 unspecified atom stereocenters. The molecule has 0 radical (unpaired) electrons. The van der Waals surface area contributed by atoms with Crippen LogP contribution in [-0.4, -0.2) is 40.8 Å². The molecule has 0 spiro atoms. The second kappa shape index (κ2) is 7.31. The molecule has 0 amide bonds. The second-order valence-corrected chi connectivity index (χ2v) is 6.67. The van der Waals surface area contributed by atoms with E-state index in [0.717, 1.165) is 19.6 Å². The van der Waals surface area contributed by atoms with Crippen molar-refractivity contribution in [2.75, 3.05) is 26.0 Å². The molecule has 1 aromatic carbocycles. The minimum atomic E-state index is 0.362. The third kappa shape index (κ3) is 4.12. The van der Waals surface area contributed by atoms with Gasteiger partial charge in [0.05, 0.1) is 19.0 Å². The highest BCUT2D eigenvalue weighted by molar-refractivity contribution is 7.98. The van der Waals surface area contributed by atoms with Gasteiger partial charge in [-0.05, 0) is 24.0 Å². The van der Waals surface area contributed by atoms with E-state index < -0.39 is 0 Å². The Morgan fingerprint density at radius 1 is 1.27 bits per heavy atom. The van der Waals surface area contributed by atoms with Gasteiger partial charge >= 0.3 is 0 Å². The lowest BCUT2D eigenvalue weighted by Gasteiger charge is -2.38. The van der Waals surface area contributed by atoms with Crippen LogP contribution in [0.3, 0.4) is 0 Å². The summed E-state index contributed by atoms with van der Waals surface area (Å²) in [5, 5.41) is 0.362. The summed E-state index contributed by atoms with van der Waals surface area (Å²) in [6.45, 7) is 3.77. The lowest BCUT2D eigenvalue weighted by Crippen LogP contribution is -2.48. The standard InChI is InChI=1S/C16H18ClN3OS/c1-22-14-4-2-12(3-5-14)8-20-9-13(10-20)11-21-16-7-18-6-15(17)19-16/h2-7,13H,8-11H2,1H3. The van der Waals surface area contributed by atoms with Crippen molar-refractivity contribution in [2.24, 2.45) is 5.92 Å². The molecule has 116 valence electrons. The molecule has 0 N–H and O–H groups in total. The van der Waals surface area contributed by atoms with Gasteiger partial charge in [0, 0.05) is 30.4 Å². The van der Waals surface area contributed by atoms with E-state index in [0.29, 0.717) is 23.6 Å². The molecule has 3 rings (SSSR count). The SMILES string of the molecule is CSc1ccc(CN2CC(COc3cncc(Cl)n3)C2)cc1. The molecule has 2 aromatic rings. The third-order valence-corrected chi connectivity index (χ3v) is 4.57. The van der Waals surface area contributed by atoms with E-state index in [1.165, 1.54) is 16.7 Å². The van der Waals surface area contributed by atoms with Crippen molar-refractivity contribution in [1.82, 2.24) is 14.9 Å². The Morgan fingerprint density at radius 2 is 2.05 bits per heavy atom. The van der Waals surface area contributed by atoms with Crippen LogP contribution in [0.15, 0.2) is 41.6 Å². The van der Waals surface area contributed by atoms with Gasteiger partial charge in [0.1, 0.15) is 0 Å². The van der Waals surface area contributed by atoms with Gasteiger partial charge in [0.15, 0.2) is 5.15 Å². The lowest BCUT2D eigenvalue weighted by molar-refractivity contribution is 0.0543. The summed E-state index contributed by atoms with van der Waals surface area (Å²) < 4.78 is 5.63. The van der Waals surface area contributed by atoms with Crippen LogP contribution in [0.5, 0.6) is 5.88 Å². The molecular formula is C16H18ClN3OS. The van der Waals surface area contributed by atoms with E-state index in [9.17, 15) is 0 Å². The molecule has 6 heteroatoms. The Hall–Kier alpha value is -1.30. The molecule has 1 aromatic heterocycles. The van der Waals surface area contributed by atoms with Crippen molar-refractivity contribution in [3.8, 4) is 5.88 Å². The van der Waals surface area contributed by atoms with Crippen LogP contribution in [0.25, 0.3) is 0 Å². The first-order valence-electron chi connectivity index (χ1n) is 7.18. The summed E-state index contributed by atoms with van der Waals surface area (Å²) in [6, 6.07) is 8.77. The number of thioether (sulfide) groups is 1. The smallest absolute Gasteiger partial charge is 0.233 e. The van der Waals surface area contributed by atoms with E-state index in [1.807, 2.05) is 0 Å². The van der Waals surface area contributed by atoms with Crippen molar-refractivity contribution < 1.29 is 4.74 Å². The molecule has 1 aliphatic rings. The van der Waals surface area contributed by atoms with Gasteiger partial charge < -0.3 is 4.74 Å². The Labute approximate surface area is 139 Å². The normalized spacial score (nSPS) is 15.5. The number of likely N-dealkylation sites (tertiary alicyclic amines) is 1. The van der Waals surface area contributed by atoms with E-state index in [4.69, 9.17) is 16.3 Å². The van der Waals surface area contributed by atoms with E-state index >= 15 is 0 Å². The molecule has 0 aliphatic carbocycles. The largest absolute Gasteiger partial charge is 0.476 e. The third-order valence-electron chi connectivity index (χ3n) is 3.65. The highest BCUT2D eigenvalue weighted by Gasteiger charge is 2.27. The summed E-state index contributed by atoms with van der Waals surface area (Å²) in [6.07, 6.45) is 5.19. The topological polar surface area (TPSA) is 38.2 Å². The fourth-order valence-corrected chi connectivity index (χ4v) is 3.05. The van der Waals surface area contributed by atoms with Crippen molar-refractivity contribution >= 4 is 23.4 Å². The summed E-state index contributed by atoms with van der Waals surface area (Å²) >= 11 is 7.55. The molecule has 0 saturated carbocycles. The zero-order chi connectivity index (χ0) is 15.4. The van der Waals surface area contributed by atoms with Gasteiger partial charge in [-0.2, -0.15) is 4.98 Å². The summed E-state index contributed by atoms with van der Waals surface area (Å²) in [5.41, 5.74) is 1.36. The zero-order valence-corrected chi connectivity index (χ0v) is 14.0. The first-order valence-corrected chi connectivity index (χ1v) is 8.79. The van der Waals surface area contributed by atoms with Crippen LogP contribution >= 0.6 is 23.4 Å². The number of nitrogens with zero attached hydrogens (tertiary/aromatic N) is 3. The summed E-state index contributed by atoms with van der Waals surface area (Å²) in [7, 11) is 0. The molecule has 4 nitrogen and oxygen atoms in total. The summed E-state index contributed by atoms with van der Waals surface area (Å²) in [5.74, 6) is 1.05. The summed E-state index contributed by atoms with van der Waals surface area (Å²) in [4.78, 5) is 11.8. The lowest BCUT2D eigenvalue weighted by atomic mass is 10.0. The minimum Gasteiger partial charge on any atom is -0.476 e. The molecule has 0 atom stereocenters. The minimum absolute atomic E-state index is 0.362.